The van der Waals surface area contributed by atoms with Gasteiger partial charge in [-0.05, 0) is 36.6 Å². The Labute approximate surface area is 173 Å². The highest BCUT2D eigenvalue weighted by Gasteiger charge is 2.44. The summed E-state index contributed by atoms with van der Waals surface area (Å²) in [5, 5.41) is 14.6. The lowest BCUT2D eigenvalue weighted by molar-refractivity contribution is -0.168. The van der Waals surface area contributed by atoms with E-state index < -0.39 is 18.3 Å². The first-order chi connectivity index (χ1) is 14.3. The van der Waals surface area contributed by atoms with Gasteiger partial charge in [0, 0.05) is 57.1 Å². The van der Waals surface area contributed by atoms with Gasteiger partial charge in [-0.1, -0.05) is 6.58 Å². The van der Waals surface area contributed by atoms with Crippen molar-refractivity contribution in [2.24, 2.45) is 13.0 Å². The van der Waals surface area contributed by atoms with Crippen molar-refractivity contribution in [3.8, 4) is 11.3 Å². The fraction of sp³-hybridized carbons (Fsp3) is 0.524. The maximum Gasteiger partial charge on any atom is 0.393 e. The Hall–Kier alpha value is -2.39. The number of aromatic nitrogens is 3. The smallest absolute Gasteiger partial charge is 0.375 e. The zero-order valence-electron chi connectivity index (χ0n) is 16.9. The van der Waals surface area contributed by atoms with Gasteiger partial charge in [-0.3, -0.25) is 9.58 Å². The van der Waals surface area contributed by atoms with Crippen LogP contribution in [0.3, 0.4) is 0 Å². The first-order valence-electron chi connectivity index (χ1n) is 10.1. The zero-order chi connectivity index (χ0) is 21.5. The molecule has 9 heteroatoms. The number of aliphatic hydroxyl groups is 1. The van der Waals surface area contributed by atoms with Crippen LogP contribution in [0, 0.1) is 5.92 Å². The second kappa shape index (κ2) is 8.03. The summed E-state index contributed by atoms with van der Waals surface area (Å²) in [6, 6.07) is 3.76. The minimum Gasteiger partial charge on any atom is -0.375 e. The highest BCUT2D eigenvalue weighted by Crippen LogP contribution is 2.39. The van der Waals surface area contributed by atoms with E-state index >= 15 is 0 Å². The number of pyridine rings is 1. The summed E-state index contributed by atoms with van der Waals surface area (Å²) in [5.74, 6) is -0.618. The zero-order valence-corrected chi connectivity index (χ0v) is 16.9. The highest BCUT2D eigenvalue weighted by atomic mass is 19.4. The molecule has 6 nitrogen and oxygen atoms in total. The maximum absolute atomic E-state index is 13.1. The number of alkyl halides is 3. The molecule has 2 aromatic rings. The number of aryl methyl sites for hydroxylation is 1. The van der Waals surface area contributed by atoms with Gasteiger partial charge in [-0.25, -0.2) is 4.98 Å². The minimum atomic E-state index is -4.18. The maximum atomic E-state index is 13.1. The van der Waals surface area contributed by atoms with Crippen molar-refractivity contribution in [2.75, 3.05) is 31.1 Å². The fourth-order valence-corrected chi connectivity index (χ4v) is 4.40. The number of hydrogen-bond acceptors (Lipinski definition) is 5. The average molecular weight is 421 g/mol. The van der Waals surface area contributed by atoms with E-state index in [1.54, 1.807) is 15.8 Å². The number of nitrogens with zero attached hydrogens (tertiary/aromatic N) is 5. The van der Waals surface area contributed by atoms with E-state index in [9.17, 15) is 18.3 Å². The lowest BCUT2D eigenvalue weighted by Gasteiger charge is -2.22. The van der Waals surface area contributed by atoms with Crippen molar-refractivity contribution in [2.45, 2.75) is 31.2 Å². The summed E-state index contributed by atoms with van der Waals surface area (Å²) in [6.45, 7) is 5.31. The normalized spacial score (nSPS) is 23.8. The third-order valence-corrected chi connectivity index (χ3v) is 6.13. The van der Waals surface area contributed by atoms with E-state index in [4.69, 9.17) is 0 Å². The molecule has 0 aromatic carbocycles. The van der Waals surface area contributed by atoms with Crippen LogP contribution in [0.1, 0.15) is 24.3 Å². The first-order valence-corrected chi connectivity index (χ1v) is 10.1. The van der Waals surface area contributed by atoms with Gasteiger partial charge in [0.2, 0.25) is 0 Å². The van der Waals surface area contributed by atoms with Crippen LogP contribution in [-0.2, 0) is 7.05 Å². The van der Waals surface area contributed by atoms with Crippen LogP contribution < -0.4 is 4.90 Å². The number of aliphatic hydroxyl groups excluding tert-OH is 1. The van der Waals surface area contributed by atoms with Crippen molar-refractivity contribution in [3.63, 3.8) is 0 Å². The van der Waals surface area contributed by atoms with Gasteiger partial charge in [0.1, 0.15) is 12.0 Å². The standard InChI is InChI=1S/C21H26F3N5O/c1-3-20(30)29-8-4-14(12-29)17-11-25-19(10-16(17)18-6-7-27(2)26-18)28-9-5-15(13-28)21(22,23)24/h3,6-7,10-11,14-15,20,30H,1,4-5,8-9,12-13H2,2H3. The van der Waals surface area contributed by atoms with E-state index in [2.05, 4.69) is 16.7 Å². The molecule has 1 N–H and O–H groups in total. The van der Waals surface area contributed by atoms with Crippen molar-refractivity contribution < 1.29 is 18.3 Å². The molecular formula is C21H26F3N5O. The molecule has 2 aliphatic rings. The highest BCUT2D eigenvalue weighted by molar-refractivity contribution is 5.68. The monoisotopic (exact) mass is 421 g/mol. The predicted octanol–water partition coefficient (Wildman–Crippen LogP) is 3.16. The molecule has 2 aliphatic heterocycles. The van der Waals surface area contributed by atoms with E-state index in [0.29, 0.717) is 18.9 Å². The number of anilines is 1. The Morgan fingerprint density at radius 1 is 1.27 bits per heavy atom. The molecule has 30 heavy (non-hydrogen) atoms. The molecule has 162 valence electrons. The summed E-state index contributed by atoms with van der Waals surface area (Å²) < 4.78 is 41.0. The van der Waals surface area contributed by atoms with Crippen LogP contribution in [0.15, 0.2) is 37.2 Å². The van der Waals surface area contributed by atoms with Gasteiger partial charge in [-0.2, -0.15) is 18.3 Å². The molecule has 0 saturated carbocycles. The quantitative estimate of drug-likeness (QED) is 0.752. The Balaban J connectivity index is 1.64. The van der Waals surface area contributed by atoms with Gasteiger partial charge in [0.25, 0.3) is 0 Å². The number of halogens is 3. The number of hydrogen-bond donors (Lipinski definition) is 1. The van der Waals surface area contributed by atoms with Crippen LogP contribution in [0.2, 0.25) is 0 Å². The third-order valence-electron chi connectivity index (χ3n) is 6.13. The van der Waals surface area contributed by atoms with E-state index in [0.717, 1.165) is 29.8 Å². The molecule has 2 aromatic heterocycles. The Morgan fingerprint density at radius 3 is 2.70 bits per heavy atom. The summed E-state index contributed by atoms with van der Waals surface area (Å²) >= 11 is 0. The molecule has 4 heterocycles. The van der Waals surface area contributed by atoms with E-state index in [-0.39, 0.29) is 18.9 Å². The second-order valence-electron chi connectivity index (χ2n) is 8.11. The summed E-state index contributed by atoms with van der Waals surface area (Å²) in [7, 11) is 1.83. The summed E-state index contributed by atoms with van der Waals surface area (Å²) in [6.07, 6.45) is 1.19. The first kappa shape index (κ1) is 20.9. The summed E-state index contributed by atoms with van der Waals surface area (Å²) in [4.78, 5) is 8.18. The van der Waals surface area contributed by atoms with Gasteiger partial charge in [0.05, 0.1) is 11.6 Å². The largest absolute Gasteiger partial charge is 0.393 e. The van der Waals surface area contributed by atoms with Crippen molar-refractivity contribution in [3.05, 3.63) is 42.7 Å². The van der Waals surface area contributed by atoms with Crippen LogP contribution >= 0.6 is 0 Å². The van der Waals surface area contributed by atoms with Gasteiger partial charge >= 0.3 is 6.18 Å². The average Bonchev–Trinajstić information content (AvgIpc) is 3.46. The lowest BCUT2D eigenvalue weighted by atomic mass is 9.93. The van der Waals surface area contributed by atoms with Crippen LogP contribution in [0.25, 0.3) is 11.3 Å². The minimum absolute atomic E-state index is 0.0692. The number of likely N-dealkylation sites (tertiary alicyclic amines) is 1. The van der Waals surface area contributed by atoms with E-state index in [1.165, 1.54) is 6.08 Å². The van der Waals surface area contributed by atoms with Crippen molar-refractivity contribution in [1.29, 1.82) is 0 Å². The molecule has 3 unspecified atom stereocenters. The molecule has 2 fully saturated rings. The molecular weight excluding hydrogens is 395 g/mol. The van der Waals surface area contributed by atoms with Gasteiger partial charge < -0.3 is 10.0 Å². The molecule has 0 radical (unpaired) electrons. The Morgan fingerprint density at radius 2 is 2.07 bits per heavy atom. The van der Waals surface area contributed by atoms with Crippen LogP contribution in [-0.4, -0.2) is 63.4 Å². The topological polar surface area (TPSA) is 57.4 Å². The SMILES string of the molecule is C=CC(O)N1CCC(c2cnc(N3CCC(C(F)(F)F)C3)cc2-c2ccn(C)n2)C1. The van der Waals surface area contributed by atoms with Crippen molar-refractivity contribution in [1.82, 2.24) is 19.7 Å². The third kappa shape index (κ3) is 4.09. The molecule has 4 rings (SSSR count). The fourth-order valence-electron chi connectivity index (χ4n) is 4.40. The molecule has 2 saturated heterocycles. The van der Waals surface area contributed by atoms with E-state index in [1.807, 2.05) is 30.3 Å². The van der Waals surface area contributed by atoms with Crippen LogP contribution in [0.4, 0.5) is 19.0 Å². The van der Waals surface area contributed by atoms with Crippen LogP contribution in [0.5, 0.6) is 0 Å². The number of rotatable bonds is 5. The Bertz CT molecular complexity index is 912. The lowest BCUT2D eigenvalue weighted by Crippen LogP contribution is -2.31. The predicted molar refractivity (Wildman–Crippen MR) is 108 cm³/mol. The van der Waals surface area contributed by atoms with Gasteiger partial charge in [-0.15, -0.1) is 0 Å². The molecule has 0 bridgehead atoms. The Kier molecular flexibility index (Phi) is 5.59. The molecule has 3 atom stereocenters. The van der Waals surface area contributed by atoms with Gasteiger partial charge in [0.15, 0.2) is 0 Å². The molecule has 0 spiro atoms. The summed E-state index contributed by atoms with van der Waals surface area (Å²) in [5.41, 5.74) is 2.66. The molecule has 0 aliphatic carbocycles. The van der Waals surface area contributed by atoms with Crippen molar-refractivity contribution >= 4 is 5.82 Å². The second-order valence-corrected chi connectivity index (χ2v) is 8.11. The molecule has 0 amide bonds.